The van der Waals surface area contributed by atoms with Crippen molar-refractivity contribution in [3.05, 3.63) is 53.9 Å². The van der Waals surface area contributed by atoms with Crippen LogP contribution in [-0.4, -0.2) is 19.8 Å². The Labute approximate surface area is 189 Å². The minimum absolute atomic E-state index is 0.117. The molecule has 2 N–H and O–H groups in total. The average Bonchev–Trinajstić information content (AvgIpc) is 2.83. The van der Waals surface area contributed by atoms with E-state index in [4.69, 9.17) is 9.47 Å². The Balaban J connectivity index is 1.28. The second kappa shape index (κ2) is 14.2. The van der Waals surface area contributed by atoms with E-state index in [1.807, 2.05) is 6.20 Å². The molecule has 0 bridgehead atoms. The van der Waals surface area contributed by atoms with E-state index < -0.39 is 0 Å². The monoisotopic (exact) mass is 426 g/mol. The Morgan fingerprint density at radius 2 is 1.68 bits per heavy atom. The minimum Gasteiger partial charge on any atom is -0.495 e. The fraction of sp³-hybridized carbons (Fsp3) is 0.630. The van der Waals surface area contributed by atoms with E-state index in [1.54, 1.807) is 0 Å². The molecule has 172 valence electrons. The largest absolute Gasteiger partial charge is 0.495 e. The normalized spacial score (nSPS) is 20.7. The van der Waals surface area contributed by atoms with Crippen molar-refractivity contribution in [3.8, 4) is 5.75 Å². The molecule has 1 heterocycles. The van der Waals surface area contributed by atoms with E-state index in [9.17, 15) is 0 Å². The Bertz CT molecular complexity index is 668. The van der Waals surface area contributed by atoms with Gasteiger partial charge in [-0.3, -0.25) is 5.32 Å². The standard InChI is InChI=1S/C27H42N2O2/c1-2-3-4-5-6-7-8-12-19-30-25-17-15-24(16-18-25)27-28-20-26(21-29-27)31-22-23-13-10-9-11-14-23/h9-10,15-18,20,23,27-29H,2-8,11-14,19,21-22H2,1H3. The van der Waals surface area contributed by atoms with Crippen LogP contribution in [0.15, 0.2) is 48.4 Å². The van der Waals surface area contributed by atoms with Gasteiger partial charge in [0.05, 0.1) is 19.8 Å². The molecule has 0 saturated heterocycles. The molecule has 1 aliphatic carbocycles. The molecule has 0 saturated carbocycles. The van der Waals surface area contributed by atoms with Gasteiger partial charge < -0.3 is 14.8 Å². The van der Waals surface area contributed by atoms with Gasteiger partial charge in [0.15, 0.2) is 0 Å². The number of unbranched alkanes of at least 4 members (excludes halogenated alkanes) is 7. The molecule has 1 aromatic carbocycles. The van der Waals surface area contributed by atoms with Gasteiger partial charge in [-0.15, -0.1) is 0 Å². The van der Waals surface area contributed by atoms with Gasteiger partial charge in [-0.25, -0.2) is 0 Å². The summed E-state index contributed by atoms with van der Waals surface area (Å²) in [7, 11) is 0. The molecule has 0 aromatic heterocycles. The summed E-state index contributed by atoms with van der Waals surface area (Å²) in [6.45, 7) is 4.66. The van der Waals surface area contributed by atoms with Gasteiger partial charge in [-0.05, 0) is 49.3 Å². The second-order valence-electron chi connectivity index (χ2n) is 8.95. The first kappa shape index (κ1) is 23.7. The Hall–Kier alpha value is -1.94. The van der Waals surface area contributed by atoms with Crippen LogP contribution in [0.4, 0.5) is 0 Å². The van der Waals surface area contributed by atoms with Crippen LogP contribution in [0.5, 0.6) is 5.75 Å². The summed E-state index contributed by atoms with van der Waals surface area (Å²) in [6, 6.07) is 8.44. The topological polar surface area (TPSA) is 42.5 Å². The first-order valence-corrected chi connectivity index (χ1v) is 12.5. The molecule has 3 rings (SSSR count). The smallest absolute Gasteiger partial charge is 0.125 e. The van der Waals surface area contributed by atoms with Crippen molar-refractivity contribution >= 4 is 0 Å². The Morgan fingerprint density at radius 1 is 0.903 bits per heavy atom. The molecular weight excluding hydrogens is 384 g/mol. The summed E-state index contributed by atoms with van der Waals surface area (Å²) >= 11 is 0. The van der Waals surface area contributed by atoms with Gasteiger partial charge in [0.2, 0.25) is 0 Å². The van der Waals surface area contributed by atoms with Crippen molar-refractivity contribution in [2.75, 3.05) is 19.8 Å². The molecule has 0 fully saturated rings. The summed E-state index contributed by atoms with van der Waals surface area (Å²) < 4.78 is 11.9. The van der Waals surface area contributed by atoms with E-state index in [1.165, 1.54) is 63.4 Å². The van der Waals surface area contributed by atoms with Crippen molar-refractivity contribution in [2.24, 2.45) is 5.92 Å². The van der Waals surface area contributed by atoms with Gasteiger partial charge in [0.1, 0.15) is 17.7 Å². The number of hydrogen-bond acceptors (Lipinski definition) is 4. The molecule has 1 aromatic rings. The highest BCUT2D eigenvalue weighted by Gasteiger charge is 2.17. The first-order chi connectivity index (χ1) is 15.3. The number of nitrogens with one attached hydrogen (secondary N) is 2. The molecule has 0 spiro atoms. The average molecular weight is 427 g/mol. The van der Waals surface area contributed by atoms with E-state index in [-0.39, 0.29) is 6.17 Å². The third-order valence-electron chi connectivity index (χ3n) is 6.25. The lowest BCUT2D eigenvalue weighted by Crippen LogP contribution is -2.38. The first-order valence-electron chi connectivity index (χ1n) is 12.5. The third kappa shape index (κ3) is 8.98. The predicted octanol–water partition coefficient (Wildman–Crippen LogP) is 6.61. The highest BCUT2D eigenvalue weighted by molar-refractivity contribution is 5.29. The summed E-state index contributed by atoms with van der Waals surface area (Å²) in [5.41, 5.74) is 1.21. The van der Waals surface area contributed by atoms with Gasteiger partial charge in [-0.2, -0.15) is 0 Å². The molecule has 0 amide bonds. The van der Waals surface area contributed by atoms with Crippen LogP contribution >= 0.6 is 0 Å². The number of allylic oxidation sites excluding steroid dienone is 2. The SMILES string of the molecule is CCCCCCCCCCOc1ccc(C2NC=C(OCC3CC=CCC3)CN2)cc1. The highest BCUT2D eigenvalue weighted by Crippen LogP contribution is 2.21. The number of benzene rings is 1. The van der Waals surface area contributed by atoms with Gasteiger partial charge in [0.25, 0.3) is 0 Å². The lowest BCUT2D eigenvalue weighted by Gasteiger charge is -2.27. The van der Waals surface area contributed by atoms with E-state index >= 15 is 0 Å². The number of hydrogen-bond donors (Lipinski definition) is 2. The lowest BCUT2D eigenvalue weighted by atomic mass is 9.95. The van der Waals surface area contributed by atoms with E-state index in [0.29, 0.717) is 5.92 Å². The molecule has 2 atom stereocenters. The number of ether oxygens (including phenoxy) is 2. The minimum atomic E-state index is 0.117. The number of rotatable bonds is 14. The quantitative estimate of drug-likeness (QED) is 0.259. The second-order valence-corrected chi connectivity index (χ2v) is 8.95. The fourth-order valence-electron chi connectivity index (χ4n) is 4.21. The van der Waals surface area contributed by atoms with Gasteiger partial charge in [0, 0.05) is 6.20 Å². The van der Waals surface area contributed by atoms with Crippen LogP contribution < -0.4 is 15.4 Å². The maximum absolute atomic E-state index is 6.00. The predicted molar refractivity (Wildman–Crippen MR) is 129 cm³/mol. The molecule has 4 nitrogen and oxygen atoms in total. The zero-order valence-corrected chi connectivity index (χ0v) is 19.4. The summed E-state index contributed by atoms with van der Waals surface area (Å²) in [4.78, 5) is 0. The van der Waals surface area contributed by atoms with E-state index in [0.717, 1.165) is 44.1 Å². The van der Waals surface area contributed by atoms with Crippen LogP contribution in [0.3, 0.4) is 0 Å². The molecule has 0 radical (unpaired) electrons. The molecule has 4 heteroatoms. The van der Waals surface area contributed by atoms with E-state index in [2.05, 4.69) is 54.0 Å². The van der Waals surface area contributed by atoms with Crippen LogP contribution in [0, 0.1) is 5.92 Å². The fourth-order valence-corrected chi connectivity index (χ4v) is 4.21. The molecule has 1 aliphatic heterocycles. The summed E-state index contributed by atoms with van der Waals surface area (Å²) in [5.74, 6) is 2.61. The zero-order valence-electron chi connectivity index (χ0n) is 19.4. The van der Waals surface area contributed by atoms with Gasteiger partial charge in [-0.1, -0.05) is 76.2 Å². The highest BCUT2D eigenvalue weighted by atomic mass is 16.5. The molecule has 2 aliphatic rings. The molecule has 31 heavy (non-hydrogen) atoms. The third-order valence-corrected chi connectivity index (χ3v) is 6.25. The van der Waals surface area contributed by atoms with Crippen LogP contribution in [0.25, 0.3) is 0 Å². The van der Waals surface area contributed by atoms with Crippen molar-refractivity contribution in [3.63, 3.8) is 0 Å². The molecule has 2 unspecified atom stereocenters. The van der Waals surface area contributed by atoms with Crippen LogP contribution in [0.1, 0.15) is 89.3 Å². The molecular formula is C27H42N2O2. The summed E-state index contributed by atoms with van der Waals surface area (Å²) in [6.07, 6.45) is 20.9. The maximum atomic E-state index is 6.00. The van der Waals surface area contributed by atoms with Crippen molar-refractivity contribution in [1.29, 1.82) is 0 Å². The van der Waals surface area contributed by atoms with Crippen molar-refractivity contribution < 1.29 is 9.47 Å². The van der Waals surface area contributed by atoms with Crippen molar-refractivity contribution in [2.45, 2.75) is 83.7 Å². The van der Waals surface area contributed by atoms with Crippen molar-refractivity contribution in [1.82, 2.24) is 10.6 Å². The summed E-state index contributed by atoms with van der Waals surface area (Å²) in [5, 5.41) is 6.94. The van der Waals surface area contributed by atoms with Crippen LogP contribution in [0.2, 0.25) is 0 Å². The van der Waals surface area contributed by atoms with Gasteiger partial charge >= 0.3 is 0 Å². The Morgan fingerprint density at radius 3 is 2.35 bits per heavy atom. The Kier molecular flexibility index (Phi) is 10.9. The zero-order chi connectivity index (χ0) is 21.6. The maximum Gasteiger partial charge on any atom is 0.125 e. The van der Waals surface area contributed by atoms with Crippen LogP contribution in [-0.2, 0) is 4.74 Å². The lowest BCUT2D eigenvalue weighted by molar-refractivity contribution is 0.145.